The molecule has 2 aromatic carbocycles. The van der Waals surface area contributed by atoms with Crippen molar-refractivity contribution in [1.29, 1.82) is 0 Å². The van der Waals surface area contributed by atoms with Gasteiger partial charge in [0.15, 0.2) is 0 Å². The summed E-state index contributed by atoms with van der Waals surface area (Å²) in [6, 6.07) is 16.5. The minimum absolute atomic E-state index is 0.124. The van der Waals surface area contributed by atoms with Gasteiger partial charge in [-0.1, -0.05) is 42.0 Å². The molecule has 22 heavy (non-hydrogen) atoms. The van der Waals surface area contributed by atoms with Gasteiger partial charge in [0.1, 0.15) is 5.82 Å². The second-order valence-corrected chi connectivity index (χ2v) is 7.43. The van der Waals surface area contributed by atoms with Gasteiger partial charge in [0.25, 0.3) is 0 Å². The van der Waals surface area contributed by atoms with Crippen molar-refractivity contribution in [2.45, 2.75) is 56.3 Å². The van der Waals surface area contributed by atoms with E-state index in [1.165, 1.54) is 55.2 Å². The summed E-state index contributed by atoms with van der Waals surface area (Å²) in [5.41, 5.74) is 4.93. The Bertz CT molecular complexity index is 580. The predicted molar refractivity (Wildman–Crippen MR) is 88.6 cm³/mol. The van der Waals surface area contributed by atoms with Crippen LogP contribution in [0.4, 0.5) is 4.39 Å². The number of halogens is 1. The number of benzene rings is 2. The molecule has 0 heterocycles. The average Bonchev–Trinajstić information content (AvgIpc) is 2.57. The topological polar surface area (TPSA) is 0 Å². The third kappa shape index (κ3) is 2.10. The van der Waals surface area contributed by atoms with E-state index in [9.17, 15) is 4.39 Å². The molecule has 5 rings (SSSR count). The summed E-state index contributed by atoms with van der Waals surface area (Å²) in [5.74, 6) is -0.124. The van der Waals surface area contributed by atoms with Gasteiger partial charge in [-0.2, -0.15) is 0 Å². The highest BCUT2D eigenvalue weighted by molar-refractivity contribution is 5.35. The summed E-state index contributed by atoms with van der Waals surface area (Å²) in [6.45, 7) is 2.16. The molecular weight excluding hydrogens is 271 g/mol. The van der Waals surface area contributed by atoms with Crippen LogP contribution >= 0.6 is 0 Å². The molecule has 2 aromatic rings. The maximum Gasteiger partial charge on any atom is 0.123 e. The Morgan fingerprint density at radius 1 is 0.636 bits per heavy atom. The zero-order valence-electron chi connectivity index (χ0n) is 13.2. The van der Waals surface area contributed by atoms with Crippen LogP contribution in [0.15, 0.2) is 48.5 Å². The van der Waals surface area contributed by atoms with E-state index in [-0.39, 0.29) is 5.82 Å². The fraction of sp³-hybridized carbons (Fsp3) is 0.429. The van der Waals surface area contributed by atoms with Crippen LogP contribution < -0.4 is 0 Å². The standard InChI is InChI=1S/C21H23F/c1-16-2-4-17(5-3-16)20-10-13-21(14-11-20,15-12-20)18-6-8-19(22)9-7-18/h2-9H,10-15H2,1H3. The van der Waals surface area contributed by atoms with Crippen LogP contribution in [0.5, 0.6) is 0 Å². The molecule has 0 spiro atoms. The third-order valence-corrected chi connectivity index (χ3v) is 6.37. The molecule has 3 fully saturated rings. The van der Waals surface area contributed by atoms with Gasteiger partial charge in [-0.15, -0.1) is 0 Å². The molecule has 0 aromatic heterocycles. The molecule has 0 radical (unpaired) electrons. The molecule has 114 valence electrons. The lowest BCUT2D eigenvalue weighted by atomic mass is 9.50. The van der Waals surface area contributed by atoms with Gasteiger partial charge in [0.05, 0.1) is 0 Å². The van der Waals surface area contributed by atoms with Crippen molar-refractivity contribution in [2.24, 2.45) is 0 Å². The number of hydrogen-bond acceptors (Lipinski definition) is 0. The van der Waals surface area contributed by atoms with Crippen molar-refractivity contribution in [1.82, 2.24) is 0 Å². The van der Waals surface area contributed by atoms with Crippen LogP contribution in [-0.4, -0.2) is 0 Å². The first-order valence-electron chi connectivity index (χ1n) is 8.45. The summed E-state index contributed by atoms with van der Waals surface area (Å²) < 4.78 is 13.2. The first-order valence-corrected chi connectivity index (χ1v) is 8.45. The molecular formula is C21H23F. The Hall–Kier alpha value is -1.63. The maximum atomic E-state index is 13.2. The summed E-state index contributed by atoms with van der Waals surface area (Å²) in [5, 5.41) is 0. The van der Waals surface area contributed by atoms with E-state index < -0.39 is 0 Å². The molecule has 1 heteroatoms. The van der Waals surface area contributed by atoms with Gasteiger partial charge in [-0.05, 0) is 79.5 Å². The van der Waals surface area contributed by atoms with E-state index in [4.69, 9.17) is 0 Å². The molecule has 0 amide bonds. The van der Waals surface area contributed by atoms with Crippen molar-refractivity contribution in [3.05, 3.63) is 71.0 Å². The minimum Gasteiger partial charge on any atom is -0.207 e. The minimum atomic E-state index is -0.124. The van der Waals surface area contributed by atoms with Gasteiger partial charge >= 0.3 is 0 Å². The lowest BCUT2D eigenvalue weighted by Crippen LogP contribution is -2.46. The molecule has 3 aliphatic carbocycles. The predicted octanol–water partition coefficient (Wildman–Crippen LogP) is 5.68. The van der Waals surface area contributed by atoms with Gasteiger partial charge in [-0.25, -0.2) is 4.39 Å². The number of rotatable bonds is 2. The van der Waals surface area contributed by atoms with Gasteiger partial charge < -0.3 is 0 Å². The first-order chi connectivity index (χ1) is 10.6. The lowest BCUT2D eigenvalue weighted by Gasteiger charge is -2.54. The third-order valence-electron chi connectivity index (χ3n) is 6.37. The van der Waals surface area contributed by atoms with E-state index in [1.54, 1.807) is 12.1 Å². The van der Waals surface area contributed by atoms with Crippen LogP contribution in [0, 0.1) is 12.7 Å². The highest BCUT2D eigenvalue weighted by Crippen LogP contribution is 2.58. The number of hydrogen-bond donors (Lipinski definition) is 0. The van der Waals surface area contributed by atoms with Crippen molar-refractivity contribution in [2.75, 3.05) is 0 Å². The van der Waals surface area contributed by atoms with Crippen LogP contribution in [-0.2, 0) is 10.8 Å². The SMILES string of the molecule is Cc1ccc(C23CCC(c4ccc(F)cc4)(CC2)CC3)cc1. The Labute approximate surface area is 132 Å². The fourth-order valence-corrected chi connectivity index (χ4v) is 4.76. The summed E-state index contributed by atoms with van der Waals surface area (Å²) in [4.78, 5) is 0. The maximum absolute atomic E-state index is 13.2. The van der Waals surface area contributed by atoms with E-state index >= 15 is 0 Å². The second-order valence-electron chi connectivity index (χ2n) is 7.43. The first kappa shape index (κ1) is 14.0. The Balaban J connectivity index is 1.61. The molecule has 3 saturated carbocycles. The number of fused-ring (bicyclic) bond motifs is 3. The summed E-state index contributed by atoms with van der Waals surface area (Å²) >= 11 is 0. The highest BCUT2D eigenvalue weighted by Gasteiger charge is 2.49. The summed E-state index contributed by atoms with van der Waals surface area (Å²) in [6.07, 6.45) is 7.54. The van der Waals surface area contributed by atoms with Gasteiger partial charge in [-0.3, -0.25) is 0 Å². The van der Waals surface area contributed by atoms with Crippen molar-refractivity contribution in [3.8, 4) is 0 Å². The van der Waals surface area contributed by atoms with Crippen LogP contribution in [0.25, 0.3) is 0 Å². The highest BCUT2D eigenvalue weighted by atomic mass is 19.1. The van der Waals surface area contributed by atoms with E-state index in [1.807, 2.05) is 12.1 Å². The van der Waals surface area contributed by atoms with E-state index in [0.29, 0.717) is 10.8 Å². The quantitative estimate of drug-likeness (QED) is 0.668. The molecule has 0 unspecified atom stereocenters. The lowest BCUT2D eigenvalue weighted by molar-refractivity contribution is 0.102. The van der Waals surface area contributed by atoms with Crippen LogP contribution in [0.2, 0.25) is 0 Å². The zero-order chi connectivity index (χ0) is 15.2. The molecule has 0 atom stereocenters. The Morgan fingerprint density at radius 2 is 1.00 bits per heavy atom. The Kier molecular flexibility index (Phi) is 3.14. The number of aryl methyl sites for hydroxylation is 1. The molecule has 0 nitrogen and oxygen atoms in total. The van der Waals surface area contributed by atoms with Crippen LogP contribution in [0.1, 0.15) is 55.2 Å². The molecule has 3 aliphatic rings. The second kappa shape index (κ2) is 4.94. The Morgan fingerprint density at radius 3 is 1.41 bits per heavy atom. The van der Waals surface area contributed by atoms with Crippen molar-refractivity contribution in [3.63, 3.8) is 0 Å². The molecule has 0 saturated heterocycles. The van der Waals surface area contributed by atoms with Gasteiger partial charge in [0.2, 0.25) is 0 Å². The molecule has 2 bridgehead atoms. The zero-order valence-corrected chi connectivity index (χ0v) is 13.2. The fourth-order valence-electron chi connectivity index (χ4n) is 4.76. The molecule has 0 aliphatic heterocycles. The summed E-state index contributed by atoms with van der Waals surface area (Å²) in [7, 11) is 0. The van der Waals surface area contributed by atoms with E-state index in [2.05, 4.69) is 31.2 Å². The van der Waals surface area contributed by atoms with Crippen molar-refractivity contribution < 1.29 is 4.39 Å². The monoisotopic (exact) mass is 294 g/mol. The van der Waals surface area contributed by atoms with E-state index in [0.717, 1.165) is 0 Å². The van der Waals surface area contributed by atoms with Crippen molar-refractivity contribution >= 4 is 0 Å². The average molecular weight is 294 g/mol. The normalized spacial score (nSPS) is 30.5. The smallest absolute Gasteiger partial charge is 0.123 e. The molecule has 0 N–H and O–H groups in total. The van der Waals surface area contributed by atoms with Crippen LogP contribution in [0.3, 0.4) is 0 Å². The largest absolute Gasteiger partial charge is 0.207 e. The van der Waals surface area contributed by atoms with Gasteiger partial charge in [0, 0.05) is 0 Å².